The van der Waals surface area contributed by atoms with E-state index in [1.165, 1.54) is 57.8 Å². The fourth-order valence-corrected chi connectivity index (χ4v) is 4.50. The van der Waals surface area contributed by atoms with Crippen molar-refractivity contribution >= 4 is 5.91 Å². The minimum absolute atomic E-state index is 0.150. The number of morpholine rings is 1. The van der Waals surface area contributed by atoms with Crippen molar-refractivity contribution in [1.29, 1.82) is 0 Å². The van der Waals surface area contributed by atoms with E-state index in [9.17, 15) is 4.79 Å². The van der Waals surface area contributed by atoms with Crippen LogP contribution in [0.5, 0.6) is 0 Å². The lowest BCUT2D eigenvalue weighted by molar-refractivity contribution is 0.0374. The Morgan fingerprint density at radius 2 is 1.58 bits per heavy atom. The second-order valence-corrected chi connectivity index (χ2v) is 9.55. The van der Waals surface area contributed by atoms with E-state index in [-0.39, 0.29) is 5.91 Å². The topological polar surface area (TPSA) is 44.8 Å². The van der Waals surface area contributed by atoms with Crippen molar-refractivity contribution in [3.05, 3.63) is 35.4 Å². The van der Waals surface area contributed by atoms with E-state index in [0.29, 0.717) is 0 Å². The average molecular weight is 460 g/mol. The van der Waals surface area contributed by atoms with Crippen molar-refractivity contribution < 1.29 is 9.53 Å². The maximum Gasteiger partial charge on any atom is 0.253 e. The predicted molar refractivity (Wildman–Crippen MR) is 139 cm³/mol. The Kier molecular flexibility index (Phi) is 15.1. The van der Waals surface area contributed by atoms with Crippen LogP contribution >= 0.6 is 0 Å². The maximum atomic E-state index is 13.0. The number of benzene rings is 1. The summed E-state index contributed by atoms with van der Waals surface area (Å²) >= 11 is 0. The molecule has 5 nitrogen and oxygen atoms in total. The molecule has 0 atom stereocenters. The molecule has 0 bridgehead atoms. The van der Waals surface area contributed by atoms with Crippen LogP contribution in [0.2, 0.25) is 0 Å². The number of carbonyl (C=O) groups excluding carboxylic acids is 1. The van der Waals surface area contributed by atoms with Gasteiger partial charge in [-0.25, -0.2) is 0 Å². The number of hydrogen-bond acceptors (Lipinski definition) is 4. The lowest BCUT2D eigenvalue weighted by Crippen LogP contribution is -2.37. The zero-order valence-corrected chi connectivity index (χ0v) is 21.5. The van der Waals surface area contributed by atoms with Crippen molar-refractivity contribution in [2.75, 3.05) is 53.0 Å². The molecule has 1 N–H and O–H groups in total. The summed E-state index contributed by atoms with van der Waals surface area (Å²) in [6, 6.07) is 8.06. The molecule has 2 rings (SSSR count). The van der Waals surface area contributed by atoms with Crippen LogP contribution in [-0.2, 0) is 11.3 Å². The molecule has 1 fully saturated rings. The van der Waals surface area contributed by atoms with E-state index in [2.05, 4.69) is 23.2 Å². The summed E-state index contributed by atoms with van der Waals surface area (Å²) in [5, 5.41) is 3.53. The minimum atomic E-state index is 0.150. The Morgan fingerprint density at radius 3 is 2.27 bits per heavy atom. The van der Waals surface area contributed by atoms with E-state index in [0.717, 1.165) is 76.5 Å². The fraction of sp³-hybridized carbons (Fsp3) is 0.750. The first-order valence-corrected chi connectivity index (χ1v) is 13.6. The molecule has 0 spiro atoms. The van der Waals surface area contributed by atoms with Crippen molar-refractivity contribution in [1.82, 2.24) is 15.1 Å². The molecule has 1 aromatic rings. The van der Waals surface area contributed by atoms with Crippen LogP contribution in [0.3, 0.4) is 0 Å². The van der Waals surface area contributed by atoms with Crippen LogP contribution < -0.4 is 5.32 Å². The Balaban J connectivity index is 1.60. The van der Waals surface area contributed by atoms with Crippen LogP contribution in [0.25, 0.3) is 0 Å². The monoisotopic (exact) mass is 459 g/mol. The number of nitrogens with zero attached hydrogens (tertiary/aromatic N) is 2. The first-order chi connectivity index (χ1) is 16.2. The SMILES string of the molecule is CCCCCCCCCCCCN(C)C(=O)c1ccccc1CNCCCN1CCOCC1. The third-order valence-corrected chi connectivity index (χ3v) is 6.69. The van der Waals surface area contributed by atoms with Gasteiger partial charge >= 0.3 is 0 Å². The molecule has 0 saturated carbocycles. The molecule has 1 aliphatic rings. The molecule has 33 heavy (non-hydrogen) atoms. The molecule has 1 amide bonds. The normalized spacial score (nSPS) is 14.5. The second kappa shape index (κ2) is 18.0. The maximum absolute atomic E-state index is 13.0. The molecule has 1 aliphatic heterocycles. The third kappa shape index (κ3) is 12.0. The summed E-state index contributed by atoms with van der Waals surface area (Å²) in [7, 11) is 1.95. The van der Waals surface area contributed by atoms with Gasteiger partial charge in [0.2, 0.25) is 0 Å². The van der Waals surface area contributed by atoms with Crippen molar-refractivity contribution in [2.45, 2.75) is 84.1 Å². The van der Waals surface area contributed by atoms with Crippen molar-refractivity contribution in [3.8, 4) is 0 Å². The number of ether oxygens (including phenoxy) is 1. The number of rotatable bonds is 18. The molecule has 1 heterocycles. The Morgan fingerprint density at radius 1 is 0.939 bits per heavy atom. The number of unbranched alkanes of at least 4 members (excludes halogenated alkanes) is 9. The summed E-state index contributed by atoms with van der Waals surface area (Å²) < 4.78 is 5.41. The molecule has 188 valence electrons. The van der Waals surface area contributed by atoms with Gasteiger partial charge in [0, 0.05) is 38.8 Å². The summed E-state index contributed by atoms with van der Waals surface area (Å²) in [5.74, 6) is 0.150. The average Bonchev–Trinajstić information content (AvgIpc) is 2.85. The number of carbonyl (C=O) groups is 1. The first kappa shape index (κ1) is 27.8. The van der Waals surface area contributed by atoms with Crippen LogP contribution in [0.15, 0.2) is 24.3 Å². The van der Waals surface area contributed by atoms with Gasteiger partial charge in [-0.05, 0) is 37.6 Å². The molecule has 1 aromatic carbocycles. The van der Waals surface area contributed by atoms with E-state index >= 15 is 0 Å². The van der Waals surface area contributed by atoms with Gasteiger partial charge in [0.15, 0.2) is 0 Å². The van der Waals surface area contributed by atoms with E-state index in [1.807, 2.05) is 30.1 Å². The van der Waals surface area contributed by atoms with E-state index in [4.69, 9.17) is 4.74 Å². The fourth-order valence-electron chi connectivity index (χ4n) is 4.50. The quantitative estimate of drug-likeness (QED) is 0.295. The van der Waals surface area contributed by atoms with Gasteiger partial charge < -0.3 is 15.0 Å². The molecule has 0 unspecified atom stereocenters. The number of amides is 1. The molecular formula is C28H49N3O2. The summed E-state index contributed by atoms with van der Waals surface area (Å²) in [6.07, 6.45) is 14.3. The van der Waals surface area contributed by atoms with Crippen LogP contribution in [0.1, 0.15) is 93.5 Å². The van der Waals surface area contributed by atoms with Gasteiger partial charge in [-0.3, -0.25) is 9.69 Å². The van der Waals surface area contributed by atoms with Gasteiger partial charge in [0.1, 0.15) is 0 Å². The highest BCUT2D eigenvalue weighted by molar-refractivity contribution is 5.95. The zero-order valence-electron chi connectivity index (χ0n) is 21.5. The standard InChI is InChI=1S/C28H49N3O2/c1-3-4-5-6-7-8-9-10-11-14-19-30(2)28(32)27-17-13-12-16-26(27)25-29-18-15-20-31-21-23-33-24-22-31/h12-13,16-17,29H,3-11,14-15,18-25H2,1-2H3. The Hall–Kier alpha value is -1.43. The van der Waals surface area contributed by atoms with Crippen molar-refractivity contribution in [2.24, 2.45) is 0 Å². The highest BCUT2D eigenvalue weighted by Crippen LogP contribution is 2.14. The van der Waals surface area contributed by atoms with Crippen molar-refractivity contribution in [3.63, 3.8) is 0 Å². The summed E-state index contributed by atoms with van der Waals surface area (Å²) in [4.78, 5) is 17.4. The Bertz CT molecular complexity index is 631. The lowest BCUT2D eigenvalue weighted by Gasteiger charge is -2.26. The third-order valence-electron chi connectivity index (χ3n) is 6.69. The molecule has 1 saturated heterocycles. The highest BCUT2D eigenvalue weighted by atomic mass is 16.5. The largest absolute Gasteiger partial charge is 0.379 e. The summed E-state index contributed by atoms with van der Waals surface area (Å²) in [6.45, 7) is 9.74. The number of hydrogen-bond donors (Lipinski definition) is 1. The Labute approximate surface area is 203 Å². The second-order valence-electron chi connectivity index (χ2n) is 9.55. The summed E-state index contributed by atoms with van der Waals surface area (Å²) in [5.41, 5.74) is 1.94. The lowest BCUT2D eigenvalue weighted by atomic mass is 10.1. The minimum Gasteiger partial charge on any atom is -0.379 e. The number of nitrogens with one attached hydrogen (secondary N) is 1. The van der Waals surface area contributed by atoms with Gasteiger partial charge in [-0.15, -0.1) is 0 Å². The van der Waals surface area contributed by atoms with Crippen LogP contribution in [0.4, 0.5) is 0 Å². The van der Waals surface area contributed by atoms with Gasteiger partial charge in [-0.2, -0.15) is 0 Å². The molecule has 5 heteroatoms. The van der Waals surface area contributed by atoms with Gasteiger partial charge in [-0.1, -0.05) is 82.9 Å². The molecule has 0 radical (unpaired) electrons. The van der Waals surface area contributed by atoms with Gasteiger partial charge in [0.05, 0.1) is 13.2 Å². The predicted octanol–water partition coefficient (Wildman–Crippen LogP) is 5.49. The highest BCUT2D eigenvalue weighted by Gasteiger charge is 2.15. The van der Waals surface area contributed by atoms with Crippen LogP contribution in [-0.4, -0.2) is 68.7 Å². The van der Waals surface area contributed by atoms with Crippen LogP contribution in [0, 0.1) is 0 Å². The van der Waals surface area contributed by atoms with Gasteiger partial charge in [0.25, 0.3) is 5.91 Å². The smallest absolute Gasteiger partial charge is 0.253 e. The van der Waals surface area contributed by atoms with E-state index < -0.39 is 0 Å². The zero-order chi connectivity index (χ0) is 23.6. The first-order valence-electron chi connectivity index (χ1n) is 13.6. The van der Waals surface area contributed by atoms with E-state index in [1.54, 1.807) is 0 Å². The molecular weight excluding hydrogens is 410 g/mol. The molecule has 0 aliphatic carbocycles. The molecule has 0 aromatic heterocycles.